The van der Waals surface area contributed by atoms with Crippen molar-refractivity contribution in [1.82, 2.24) is 24.6 Å². The van der Waals surface area contributed by atoms with Crippen LogP contribution in [0.1, 0.15) is 53.4 Å². The number of amides is 1. The largest absolute Gasteiger partial charge is 0.358 e. The van der Waals surface area contributed by atoms with E-state index in [0.29, 0.717) is 25.3 Å². The minimum absolute atomic E-state index is 0. The summed E-state index contributed by atoms with van der Waals surface area (Å²) in [6, 6.07) is 18.6. The van der Waals surface area contributed by atoms with Gasteiger partial charge in [0.2, 0.25) is 5.82 Å². The van der Waals surface area contributed by atoms with E-state index in [-0.39, 0.29) is 42.2 Å². The first-order valence-corrected chi connectivity index (χ1v) is 12.7. The van der Waals surface area contributed by atoms with Gasteiger partial charge in [-0.25, -0.2) is 0 Å². The molecule has 1 saturated carbocycles. The van der Waals surface area contributed by atoms with Crippen LogP contribution in [0.15, 0.2) is 54.6 Å². The van der Waals surface area contributed by atoms with E-state index in [4.69, 9.17) is 17.3 Å². The Morgan fingerprint density at radius 1 is 1.03 bits per heavy atom. The summed E-state index contributed by atoms with van der Waals surface area (Å²) >= 11 is 6.26. The van der Waals surface area contributed by atoms with Gasteiger partial charge in [0.1, 0.15) is 5.82 Å². The van der Waals surface area contributed by atoms with Crippen LogP contribution in [0.25, 0.3) is 10.9 Å². The predicted molar refractivity (Wildman–Crippen MR) is 151 cm³/mol. The molecule has 0 bridgehead atoms. The fourth-order valence-corrected chi connectivity index (χ4v) is 6.13. The van der Waals surface area contributed by atoms with Crippen molar-refractivity contribution in [2.45, 2.75) is 50.1 Å². The summed E-state index contributed by atoms with van der Waals surface area (Å²) < 4.78 is 1.99. The lowest BCUT2D eigenvalue weighted by molar-refractivity contribution is 0.0521. The molecule has 3 heterocycles. The van der Waals surface area contributed by atoms with E-state index >= 15 is 0 Å². The molecule has 0 unspecified atom stereocenters. The van der Waals surface area contributed by atoms with Crippen LogP contribution < -0.4 is 5.73 Å². The van der Waals surface area contributed by atoms with Gasteiger partial charge in [-0.1, -0.05) is 41.9 Å². The minimum Gasteiger partial charge on any atom is -0.358 e. The van der Waals surface area contributed by atoms with Crippen LogP contribution in [0.5, 0.6) is 0 Å². The second kappa shape index (κ2) is 11.0. The molecule has 37 heavy (non-hydrogen) atoms. The number of aromatic amines is 1. The van der Waals surface area contributed by atoms with Gasteiger partial charge in [-0.15, -0.1) is 35.0 Å². The van der Waals surface area contributed by atoms with Crippen molar-refractivity contribution in [3.63, 3.8) is 0 Å². The average Bonchev–Trinajstić information content (AvgIpc) is 3.49. The number of nitrogens with two attached hydrogens (primary N) is 1. The van der Waals surface area contributed by atoms with E-state index in [2.05, 4.69) is 39.4 Å². The molecule has 6 rings (SSSR count). The lowest BCUT2D eigenvalue weighted by atomic mass is 9.68. The van der Waals surface area contributed by atoms with Crippen molar-refractivity contribution in [3.05, 3.63) is 82.5 Å². The molecule has 3 N–H and O–H groups in total. The van der Waals surface area contributed by atoms with Gasteiger partial charge in [0.15, 0.2) is 0 Å². The van der Waals surface area contributed by atoms with Crippen LogP contribution >= 0.6 is 36.4 Å². The van der Waals surface area contributed by atoms with Crippen molar-refractivity contribution in [3.8, 4) is 0 Å². The van der Waals surface area contributed by atoms with Crippen molar-refractivity contribution < 1.29 is 4.79 Å². The molecule has 10 heteroatoms. The Hall–Kier alpha value is -2.58. The highest BCUT2D eigenvalue weighted by Gasteiger charge is 2.40. The molecule has 0 saturated heterocycles. The molecule has 1 aliphatic heterocycles. The predicted octanol–water partition coefficient (Wildman–Crippen LogP) is 5.14. The van der Waals surface area contributed by atoms with Gasteiger partial charge in [0.05, 0.1) is 0 Å². The smallest absolute Gasteiger partial charge is 0.292 e. The SMILES string of the molecule is Cl.Cl.NC[C@]1(c2cccc(Cl)c2)CC[C@H](N2CCn3c(Cc4cc5ccccc5[nH]4)nnc3C2=O)CC1. The molecule has 0 radical (unpaired) electrons. The van der Waals surface area contributed by atoms with Crippen LogP contribution in [0, 0.1) is 0 Å². The number of hydrogen-bond donors (Lipinski definition) is 2. The first-order chi connectivity index (χ1) is 17.1. The number of halogens is 3. The highest BCUT2D eigenvalue weighted by atomic mass is 35.5. The zero-order valence-electron chi connectivity index (χ0n) is 20.4. The van der Waals surface area contributed by atoms with Gasteiger partial charge < -0.3 is 20.2 Å². The van der Waals surface area contributed by atoms with E-state index < -0.39 is 0 Å². The molecule has 7 nitrogen and oxygen atoms in total. The van der Waals surface area contributed by atoms with Crippen molar-refractivity contribution in [2.24, 2.45) is 5.73 Å². The van der Waals surface area contributed by atoms with Crippen LogP contribution in [0.4, 0.5) is 0 Å². The number of benzene rings is 2. The summed E-state index contributed by atoms with van der Waals surface area (Å²) in [4.78, 5) is 18.9. The number of nitrogens with zero attached hydrogens (tertiary/aromatic N) is 4. The molecule has 0 atom stereocenters. The zero-order valence-corrected chi connectivity index (χ0v) is 22.8. The van der Waals surface area contributed by atoms with Crippen LogP contribution in [-0.2, 0) is 18.4 Å². The first-order valence-electron chi connectivity index (χ1n) is 12.3. The Balaban J connectivity index is 0.00000160. The van der Waals surface area contributed by atoms with E-state index in [1.165, 1.54) is 10.9 Å². The molecular formula is C27H31Cl3N6O. The third kappa shape index (κ3) is 4.98. The molecule has 4 aromatic rings. The van der Waals surface area contributed by atoms with Crippen LogP contribution in [-0.4, -0.2) is 49.7 Å². The third-order valence-electron chi connectivity index (χ3n) is 7.96. The molecular weight excluding hydrogens is 531 g/mol. The molecule has 1 amide bonds. The summed E-state index contributed by atoms with van der Waals surface area (Å²) in [5, 5.41) is 10.6. The van der Waals surface area contributed by atoms with E-state index in [0.717, 1.165) is 54.3 Å². The van der Waals surface area contributed by atoms with Crippen molar-refractivity contribution in [2.75, 3.05) is 13.1 Å². The Morgan fingerprint density at radius 3 is 2.54 bits per heavy atom. The number of carbonyl (C=O) groups is 1. The monoisotopic (exact) mass is 560 g/mol. The molecule has 0 spiro atoms. The molecule has 1 aliphatic carbocycles. The summed E-state index contributed by atoms with van der Waals surface area (Å²) in [5.41, 5.74) is 9.58. The lowest BCUT2D eigenvalue weighted by Crippen LogP contribution is -2.51. The second-order valence-electron chi connectivity index (χ2n) is 9.87. The van der Waals surface area contributed by atoms with E-state index in [1.807, 2.05) is 39.8 Å². The number of hydrogen-bond acceptors (Lipinski definition) is 4. The number of fused-ring (bicyclic) bond motifs is 2. The fraction of sp³-hybridized carbons (Fsp3) is 0.370. The number of para-hydroxylation sites is 1. The summed E-state index contributed by atoms with van der Waals surface area (Å²) in [5.74, 6) is 1.26. The maximum Gasteiger partial charge on any atom is 0.292 e. The van der Waals surface area contributed by atoms with Gasteiger partial charge >= 0.3 is 0 Å². The molecule has 2 aliphatic rings. The maximum atomic E-state index is 13.4. The van der Waals surface area contributed by atoms with Crippen LogP contribution in [0.3, 0.4) is 0 Å². The summed E-state index contributed by atoms with van der Waals surface area (Å²) in [6.07, 6.45) is 4.35. The van der Waals surface area contributed by atoms with Crippen molar-refractivity contribution >= 4 is 53.2 Å². The quantitative estimate of drug-likeness (QED) is 0.353. The minimum atomic E-state index is -0.0764. The van der Waals surface area contributed by atoms with E-state index in [9.17, 15) is 4.79 Å². The number of carbonyl (C=O) groups excluding carboxylic acids is 1. The van der Waals surface area contributed by atoms with Crippen LogP contribution in [0.2, 0.25) is 5.02 Å². The Labute approximate surface area is 233 Å². The zero-order chi connectivity index (χ0) is 24.0. The molecule has 1 fully saturated rings. The highest BCUT2D eigenvalue weighted by molar-refractivity contribution is 6.30. The Kier molecular flexibility index (Phi) is 8.19. The topological polar surface area (TPSA) is 92.8 Å². The summed E-state index contributed by atoms with van der Waals surface area (Å²) in [6.45, 7) is 1.98. The standard InChI is InChI=1S/C27H29ClN6O.2ClH/c28-20-6-3-5-19(15-20)27(17-29)10-8-22(9-11-27)33-12-13-34-24(31-32-25(34)26(33)35)16-21-14-18-4-1-2-7-23(18)30-21;;/h1-7,14-15,22,30H,8-13,16-17,29H2;2*1H/t22-,27-;;. The number of aromatic nitrogens is 4. The van der Waals surface area contributed by atoms with Gasteiger partial charge in [-0.05, 0) is 60.9 Å². The van der Waals surface area contributed by atoms with Gasteiger partial charge in [-0.3, -0.25) is 4.79 Å². The van der Waals surface area contributed by atoms with Gasteiger partial charge in [0.25, 0.3) is 5.91 Å². The Bertz CT molecular complexity index is 1360. The fourth-order valence-electron chi connectivity index (χ4n) is 5.94. The maximum absolute atomic E-state index is 13.4. The lowest BCUT2D eigenvalue weighted by Gasteiger charge is -2.44. The average molecular weight is 562 g/mol. The number of rotatable bonds is 5. The van der Waals surface area contributed by atoms with Crippen molar-refractivity contribution in [1.29, 1.82) is 0 Å². The molecule has 196 valence electrons. The summed E-state index contributed by atoms with van der Waals surface area (Å²) in [7, 11) is 0. The second-order valence-corrected chi connectivity index (χ2v) is 10.3. The number of nitrogens with one attached hydrogen (secondary N) is 1. The first kappa shape index (κ1) is 27.5. The van der Waals surface area contributed by atoms with Gasteiger partial charge in [-0.2, -0.15) is 0 Å². The molecule has 2 aromatic carbocycles. The normalized spacial score (nSPS) is 21.3. The highest BCUT2D eigenvalue weighted by Crippen LogP contribution is 2.41. The number of H-pyrrole nitrogens is 1. The van der Waals surface area contributed by atoms with E-state index in [1.54, 1.807) is 0 Å². The molecule has 2 aromatic heterocycles. The third-order valence-corrected chi connectivity index (χ3v) is 8.19. The Morgan fingerprint density at radius 2 is 1.81 bits per heavy atom. The van der Waals surface area contributed by atoms with Gasteiger partial charge in [0, 0.05) is 53.7 Å².